The van der Waals surface area contributed by atoms with Gasteiger partial charge < -0.3 is 10.1 Å². The molecule has 0 saturated carbocycles. The summed E-state index contributed by atoms with van der Waals surface area (Å²) in [7, 11) is 1.71. The number of unbranched alkanes of at least 4 members (excludes halogenated alkanes) is 1. The van der Waals surface area contributed by atoms with Crippen molar-refractivity contribution in [3.05, 3.63) is 59.7 Å². The van der Waals surface area contributed by atoms with Crippen LogP contribution in [0.2, 0.25) is 0 Å². The van der Waals surface area contributed by atoms with Gasteiger partial charge in [-0.15, -0.1) is 6.58 Å². The number of hydrogen-bond acceptors (Lipinski definition) is 3. The molecular weight excluding hydrogens is 321 g/mol. The fraction of sp³-hybridized carbons (Fsp3) is 0.368. The molecular formula is C19H24FN3O2. The van der Waals surface area contributed by atoms with Gasteiger partial charge in [-0.2, -0.15) is 5.10 Å². The Morgan fingerprint density at radius 1 is 1.48 bits per heavy atom. The zero-order chi connectivity index (χ0) is 18.2. The van der Waals surface area contributed by atoms with Gasteiger partial charge in [-0.1, -0.05) is 25.1 Å². The molecule has 0 spiro atoms. The standard InChI is InChI=1S/C19H24FN3O2/c1-4-6-7-11-25-17-10-8-9-14(18(17)20)13-21-19(24)16-12-15(5-2)22-23(16)3/h4,8-10,12H,1,5-7,11,13H2,2-3H3,(H,21,24). The van der Waals surface area contributed by atoms with Crippen LogP contribution in [0.4, 0.5) is 4.39 Å². The van der Waals surface area contributed by atoms with Crippen LogP contribution in [0.3, 0.4) is 0 Å². The molecule has 0 atom stereocenters. The van der Waals surface area contributed by atoms with Crippen LogP contribution in [-0.2, 0) is 20.0 Å². The van der Waals surface area contributed by atoms with Gasteiger partial charge in [0, 0.05) is 19.2 Å². The van der Waals surface area contributed by atoms with Crippen molar-refractivity contribution >= 4 is 5.91 Å². The summed E-state index contributed by atoms with van der Waals surface area (Å²) in [6.07, 6.45) is 4.15. The average molecular weight is 345 g/mol. The summed E-state index contributed by atoms with van der Waals surface area (Å²) in [6.45, 7) is 6.12. The highest BCUT2D eigenvalue weighted by molar-refractivity contribution is 5.92. The number of aromatic nitrogens is 2. The van der Waals surface area contributed by atoms with Gasteiger partial charge in [-0.25, -0.2) is 4.39 Å². The molecule has 0 unspecified atom stereocenters. The second-order valence-corrected chi connectivity index (χ2v) is 5.69. The van der Waals surface area contributed by atoms with Gasteiger partial charge in [-0.3, -0.25) is 9.48 Å². The fourth-order valence-corrected chi connectivity index (χ4v) is 2.39. The van der Waals surface area contributed by atoms with Gasteiger partial charge in [0.2, 0.25) is 0 Å². The molecule has 2 rings (SSSR count). The quantitative estimate of drug-likeness (QED) is 0.560. The van der Waals surface area contributed by atoms with Crippen molar-refractivity contribution in [2.45, 2.75) is 32.7 Å². The molecule has 0 fully saturated rings. The molecule has 1 N–H and O–H groups in total. The van der Waals surface area contributed by atoms with Crippen LogP contribution in [0.1, 0.15) is 41.5 Å². The smallest absolute Gasteiger partial charge is 0.269 e. The lowest BCUT2D eigenvalue weighted by atomic mass is 10.2. The minimum atomic E-state index is -0.444. The number of rotatable bonds is 9. The second kappa shape index (κ2) is 9.01. The minimum absolute atomic E-state index is 0.0845. The predicted octanol–water partition coefficient (Wildman–Crippen LogP) is 3.40. The van der Waals surface area contributed by atoms with E-state index in [1.807, 2.05) is 6.92 Å². The SMILES string of the molecule is C=CCCCOc1cccc(CNC(=O)c2cc(CC)nn2C)c1F. The van der Waals surface area contributed by atoms with Crippen molar-refractivity contribution in [1.82, 2.24) is 15.1 Å². The second-order valence-electron chi connectivity index (χ2n) is 5.69. The highest BCUT2D eigenvalue weighted by Crippen LogP contribution is 2.21. The molecule has 0 aliphatic heterocycles. The van der Waals surface area contributed by atoms with Gasteiger partial charge in [0.15, 0.2) is 11.6 Å². The number of nitrogens with zero attached hydrogens (tertiary/aromatic N) is 2. The Kier molecular flexibility index (Phi) is 6.74. The first-order valence-corrected chi connectivity index (χ1v) is 8.39. The first-order chi connectivity index (χ1) is 12.1. The lowest BCUT2D eigenvalue weighted by molar-refractivity contribution is 0.0941. The van der Waals surface area contributed by atoms with Gasteiger partial charge in [0.05, 0.1) is 12.3 Å². The molecule has 0 radical (unpaired) electrons. The Bertz CT molecular complexity index is 740. The number of aryl methyl sites for hydroxylation is 2. The summed E-state index contributed by atoms with van der Waals surface area (Å²) in [5.41, 5.74) is 1.68. The van der Waals surface area contributed by atoms with Crippen LogP contribution >= 0.6 is 0 Å². The van der Waals surface area contributed by atoms with E-state index in [0.717, 1.165) is 25.0 Å². The molecule has 5 nitrogen and oxygen atoms in total. The molecule has 1 aromatic heterocycles. The zero-order valence-electron chi connectivity index (χ0n) is 14.7. The lowest BCUT2D eigenvalue weighted by Crippen LogP contribution is -2.25. The van der Waals surface area contributed by atoms with Crippen molar-refractivity contribution < 1.29 is 13.9 Å². The van der Waals surface area contributed by atoms with E-state index in [-0.39, 0.29) is 18.2 Å². The molecule has 6 heteroatoms. The number of carbonyl (C=O) groups is 1. The van der Waals surface area contributed by atoms with Crippen molar-refractivity contribution in [1.29, 1.82) is 0 Å². The summed E-state index contributed by atoms with van der Waals surface area (Å²) in [5, 5.41) is 6.97. The molecule has 0 aliphatic rings. The van der Waals surface area contributed by atoms with Gasteiger partial charge in [-0.05, 0) is 31.4 Å². The monoisotopic (exact) mass is 345 g/mol. The largest absolute Gasteiger partial charge is 0.490 e. The Balaban J connectivity index is 1.99. The van der Waals surface area contributed by atoms with Crippen LogP contribution in [0, 0.1) is 5.82 Å². The molecule has 0 saturated heterocycles. The maximum atomic E-state index is 14.5. The molecule has 134 valence electrons. The molecule has 1 amide bonds. The van der Waals surface area contributed by atoms with Crippen molar-refractivity contribution in [3.8, 4) is 5.75 Å². The summed E-state index contributed by atoms with van der Waals surface area (Å²) in [4.78, 5) is 12.3. The van der Waals surface area contributed by atoms with Crippen molar-refractivity contribution in [2.75, 3.05) is 6.61 Å². The minimum Gasteiger partial charge on any atom is -0.490 e. The number of carbonyl (C=O) groups excluding carboxylic acids is 1. The highest BCUT2D eigenvalue weighted by atomic mass is 19.1. The zero-order valence-corrected chi connectivity index (χ0v) is 14.7. The first kappa shape index (κ1) is 18.7. The van der Waals surface area contributed by atoms with E-state index in [4.69, 9.17) is 4.74 Å². The van der Waals surface area contributed by atoms with Crippen molar-refractivity contribution in [3.63, 3.8) is 0 Å². The summed E-state index contributed by atoms with van der Waals surface area (Å²) in [6, 6.07) is 6.67. The highest BCUT2D eigenvalue weighted by Gasteiger charge is 2.14. The maximum absolute atomic E-state index is 14.5. The third-order valence-electron chi connectivity index (χ3n) is 3.82. The Morgan fingerprint density at radius 2 is 2.28 bits per heavy atom. The Hall–Kier alpha value is -2.63. The van der Waals surface area contributed by atoms with Crippen LogP contribution in [-0.4, -0.2) is 22.3 Å². The topological polar surface area (TPSA) is 56.1 Å². The van der Waals surface area contributed by atoms with E-state index in [1.54, 1.807) is 37.4 Å². The third kappa shape index (κ3) is 4.92. The molecule has 25 heavy (non-hydrogen) atoms. The maximum Gasteiger partial charge on any atom is 0.269 e. The number of ether oxygens (including phenoxy) is 1. The van der Waals surface area contributed by atoms with E-state index < -0.39 is 5.82 Å². The summed E-state index contributed by atoms with van der Waals surface area (Å²) < 4.78 is 21.4. The van der Waals surface area contributed by atoms with Crippen LogP contribution in [0.25, 0.3) is 0 Å². The van der Waals surface area contributed by atoms with E-state index in [1.165, 1.54) is 4.68 Å². The Labute approximate surface area is 147 Å². The fourth-order valence-electron chi connectivity index (χ4n) is 2.39. The lowest BCUT2D eigenvalue weighted by Gasteiger charge is -2.11. The van der Waals surface area contributed by atoms with Gasteiger partial charge in [0.1, 0.15) is 5.69 Å². The number of hydrogen-bond donors (Lipinski definition) is 1. The number of halogens is 1. The van der Waals surface area contributed by atoms with Crippen LogP contribution < -0.4 is 10.1 Å². The third-order valence-corrected chi connectivity index (χ3v) is 3.82. The Morgan fingerprint density at radius 3 is 2.96 bits per heavy atom. The number of allylic oxidation sites excluding steroid dienone is 1. The van der Waals surface area contributed by atoms with Crippen molar-refractivity contribution in [2.24, 2.45) is 7.05 Å². The van der Waals surface area contributed by atoms with Gasteiger partial charge in [0.25, 0.3) is 5.91 Å². The van der Waals surface area contributed by atoms with E-state index in [0.29, 0.717) is 17.9 Å². The van der Waals surface area contributed by atoms with E-state index >= 15 is 0 Å². The van der Waals surface area contributed by atoms with Crippen LogP contribution in [0.5, 0.6) is 5.75 Å². The van der Waals surface area contributed by atoms with Gasteiger partial charge >= 0.3 is 0 Å². The number of nitrogens with one attached hydrogen (secondary N) is 1. The molecule has 1 heterocycles. The number of amides is 1. The predicted molar refractivity (Wildman–Crippen MR) is 95.1 cm³/mol. The van der Waals surface area contributed by atoms with E-state index in [2.05, 4.69) is 17.0 Å². The summed E-state index contributed by atoms with van der Waals surface area (Å²) >= 11 is 0. The van der Waals surface area contributed by atoms with Crippen LogP contribution in [0.15, 0.2) is 36.9 Å². The summed E-state index contributed by atoms with van der Waals surface area (Å²) in [5.74, 6) is -0.531. The number of benzene rings is 1. The molecule has 0 bridgehead atoms. The first-order valence-electron chi connectivity index (χ1n) is 8.39. The molecule has 2 aromatic rings. The normalized spacial score (nSPS) is 10.5. The average Bonchev–Trinajstić information content (AvgIpc) is 2.99. The van der Waals surface area contributed by atoms with E-state index in [9.17, 15) is 9.18 Å². The molecule has 0 aliphatic carbocycles. The molecule has 1 aromatic carbocycles.